The van der Waals surface area contributed by atoms with E-state index in [4.69, 9.17) is 10.00 Å². The summed E-state index contributed by atoms with van der Waals surface area (Å²) >= 11 is 0. The molecule has 0 bridgehead atoms. The zero-order valence-electron chi connectivity index (χ0n) is 14.0. The number of hydrogen-bond acceptors (Lipinski definition) is 5. The van der Waals surface area contributed by atoms with Gasteiger partial charge >= 0.3 is 0 Å². The molecule has 1 atom stereocenters. The molecule has 1 saturated heterocycles. The molecule has 2 rings (SSSR count). The zero-order chi connectivity index (χ0) is 17.9. The number of amides is 1. The van der Waals surface area contributed by atoms with E-state index in [9.17, 15) is 13.2 Å². The second-order valence-electron chi connectivity index (χ2n) is 5.86. The fraction of sp³-hybridized carbons (Fsp3) is 0.500. The first-order valence-electron chi connectivity index (χ1n) is 7.65. The van der Waals surface area contributed by atoms with Crippen LogP contribution in [-0.4, -0.2) is 62.4 Å². The van der Waals surface area contributed by atoms with Crippen molar-refractivity contribution in [2.45, 2.75) is 30.8 Å². The van der Waals surface area contributed by atoms with Gasteiger partial charge in [-0.1, -0.05) is 0 Å². The molecule has 1 amide bonds. The second-order valence-corrected chi connectivity index (χ2v) is 7.86. The minimum absolute atomic E-state index is 0.133. The molecule has 130 valence electrons. The van der Waals surface area contributed by atoms with Gasteiger partial charge in [-0.2, -0.15) is 9.57 Å². The third-order valence-electron chi connectivity index (χ3n) is 4.04. The second kappa shape index (κ2) is 7.30. The van der Waals surface area contributed by atoms with Crippen molar-refractivity contribution in [3.63, 3.8) is 0 Å². The predicted molar refractivity (Wildman–Crippen MR) is 87.8 cm³/mol. The van der Waals surface area contributed by atoms with Gasteiger partial charge < -0.3 is 9.64 Å². The molecule has 1 heterocycles. The fourth-order valence-corrected chi connectivity index (χ4v) is 3.70. The Hall–Kier alpha value is -1.95. The molecule has 0 unspecified atom stereocenters. The molecule has 1 aliphatic heterocycles. The lowest BCUT2D eigenvalue weighted by Gasteiger charge is -2.31. The Labute approximate surface area is 142 Å². The minimum Gasteiger partial charge on any atom is -0.376 e. The Morgan fingerprint density at radius 3 is 2.54 bits per heavy atom. The van der Waals surface area contributed by atoms with Crippen LogP contribution in [0.3, 0.4) is 0 Å². The normalized spacial score (nSPS) is 18.7. The maximum Gasteiger partial charge on any atom is 0.255 e. The molecule has 1 fully saturated rings. The lowest BCUT2D eigenvalue weighted by atomic mass is 10.1. The molecule has 7 nitrogen and oxygen atoms in total. The van der Waals surface area contributed by atoms with E-state index in [1.165, 1.54) is 40.5 Å². The first kappa shape index (κ1) is 18.4. The molecular weight excluding hydrogens is 330 g/mol. The summed E-state index contributed by atoms with van der Waals surface area (Å²) in [4.78, 5) is 14.1. The van der Waals surface area contributed by atoms with Gasteiger partial charge in [-0.05, 0) is 38.1 Å². The molecule has 24 heavy (non-hydrogen) atoms. The monoisotopic (exact) mass is 351 g/mol. The molecule has 0 spiro atoms. The van der Waals surface area contributed by atoms with Gasteiger partial charge in [0.2, 0.25) is 10.0 Å². The number of ether oxygens (including phenoxy) is 1. The fourth-order valence-electron chi connectivity index (χ4n) is 2.33. The Kier molecular flexibility index (Phi) is 5.59. The number of rotatable bonds is 4. The molecule has 0 saturated carbocycles. The standard InChI is InChI=1S/C16H21N3O4S/c1-12(2)18(3)24(21,22)15-6-4-13(5-7-15)16(20)19-8-9-23-11-14(19)10-17/h4-7,12,14H,8-9,11H2,1-3H3/t14-/m0/s1. The van der Waals surface area contributed by atoms with Gasteiger partial charge in [0.25, 0.3) is 5.91 Å². The Morgan fingerprint density at radius 2 is 2.00 bits per heavy atom. The van der Waals surface area contributed by atoms with E-state index in [1.54, 1.807) is 13.8 Å². The van der Waals surface area contributed by atoms with Crippen LogP contribution >= 0.6 is 0 Å². The van der Waals surface area contributed by atoms with E-state index in [0.717, 1.165) is 0 Å². The number of nitrogens with zero attached hydrogens (tertiary/aromatic N) is 3. The largest absolute Gasteiger partial charge is 0.376 e. The van der Waals surface area contributed by atoms with Crippen LogP contribution in [0.4, 0.5) is 0 Å². The van der Waals surface area contributed by atoms with Crippen molar-refractivity contribution in [1.82, 2.24) is 9.21 Å². The molecule has 1 aliphatic rings. The summed E-state index contributed by atoms with van der Waals surface area (Å²) in [6, 6.07) is 7.05. The van der Waals surface area contributed by atoms with E-state index < -0.39 is 16.1 Å². The molecular formula is C16H21N3O4S. The molecule has 0 N–H and O–H groups in total. The molecule has 0 radical (unpaired) electrons. The Bertz CT molecular complexity index is 738. The number of nitriles is 1. The highest BCUT2D eigenvalue weighted by atomic mass is 32.2. The van der Waals surface area contributed by atoms with Crippen molar-refractivity contribution >= 4 is 15.9 Å². The van der Waals surface area contributed by atoms with Crippen molar-refractivity contribution in [3.05, 3.63) is 29.8 Å². The van der Waals surface area contributed by atoms with Gasteiger partial charge in [-0.3, -0.25) is 4.79 Å². The third-order valence-corrected chi connectivity index (χ3v) is 6.09. The minimum atomic E-state index is -3.58. The molecule has 0 aromatic heterocycles. The van der Waals surface area contributed by atoms with Gasteiger partial charge in [0, 0.05) is 25.2 Å². The van der Waals surface area contributed by atoms with Crippen molar-refractivity contribution < 1.29 is 17.9 Å². The van der Waals surface area contributed by atoms with Gasteiger partial charge in [0.15, 0.2) is 0 Å². The maximum atomic E-state index is 12.5. The summed E-state index contributed by atoms with van der Waals surface area (Å²) in [6.45, 7) is 4.49. The highest BCUT2D eigenvalue weighted by Crippen LogP contribution is 2.19. The van der Waals surface area contributed by atoms with Crippen LogP contribution in [0.1, 0.15) is 24.2 Å². The zero-order valence-corrected chi connectivity index (χ0v) is 14.8. The van der Waals surface area contributed by atoms with Gasteiger partial charge in [-0.15, -0.1) is 0 Å². The first-order valence-corrected chi connectivity index (χ1v) is 9.09. The highest BCUT2D eigenvalue weighted by Gasteiger charge is 2.28. The van der Waals surface area contributed by atoms with E-state index in [1.807, 2.05) is 6.07 Å². The SMILES string of the molecule is CC(C)N(C)S(=O)(=O)c1ccc(C(=O)N2CCOC[C@@H]2C#N)cc1. The molecule has 8 heteroatoms. The van der Waals surface area contributed by atoms with Gasteiger partial charge in [-0.25, -0.2) is 8.42 Å². The summed E-state index contributed by atoms with van der Waals surface area (Å²) in [6.07, 6.45) is 0. The number of hydrogen-bond donors (Lipinski definition) is 0. The molecule has 1 aromatic rings. The number of carbonyl (C=O) groups is 1. The number of benzene rings is 1. The van der Waals surface area contributed by atoms with Crippen LogP contribution < -0.4 is 0 Å². The topological polar surface area (TPSA) is 90.7 Å². The number of morpholine rings is 1. The van der Waals surface area contributed by atoms with Gasteiger partial charge in [0.05, 0.1) is 24.2 Å². The number of sulfonamides is 1. The summed E-state index contributed by atoms with van der Waals surface area (Å²) in [7, 11) is -2.07. The average Bonchev–Trinajstić information content (AvgIpc) is 2.60. The summed E-state index contributed by atoms with van der Waals surface area (Å²) in [5.74, 6) is -0.300. The summed E-state index contributed by atoms with van der Waals surface area (Å²) in [5.41, 5.74) is 0.350. The smallest absolute Gasteiger partial charge is 0.255 e. The van der Waals surface area contributed by atoms with Crippen LogP contribution in [0.15, 0.2) is 29.2 Å². The van der Waals surface area contributed by atoms with Crippen molar-refractivity contribution in [2.24, 2.45) is 0 Å². The summed E-state index contributed by atoms with van der Waals surface area (Å²) < 4.78 is 31.3. The van der Waals surface area contributed by atoms with Crippen molar-refractivity contribution in [1.29, 1.82) is 5.26 Å². The van der Waals surface area contributed by atoms with Crippen LogP contribution in [0.5, 0.6) is 0 Å². The van der Waals surface area contributed by atoms with E-state index in [-0.39, 0.29) is 23.5 Å². The van der Waals surface area contributed by atoms with Crippen molar-refractivity contribution in [3.8, 4) is 6.07 Å². The lowest BCUT2D eigenvalue weighted by Crippen LogP contribution is -2.47. The predicted octanol–water partition coefficient (Wildman–Crippen LogP) is 1.08. The quantitative estimate of drug-likeness (QED) is 0.809. The lowest BCUT2D eigenvalue weighted by molar-refractivity contribution is 0.0132. The first-order chi connectivity index (χ1) is 11.3. The van der Waals surface area contributed by atoms with Crippen LogP contribution in [0.2, 0.25) is 0 Å². The average molecular weight is 351 g/mol. The highest BCUT2D eigenvalue weighted by molar-refractivity contribution is 7.89. The van der Waals surface area contributed by atoms with Gasteiger partial charge in [0.1, 0.15) is 6.04 Å². The van der Waals surface area contributed by atoms with Crippen LogP contribution in [0, 0.1) is 11.3 Å². The Morgan fingerprint density at radius 1 is 1.38 bits per heavy atom. The number of carbonyl (C=O) groups excluding carboxylic acids is 1. The van der Waals surface area contributed by atoms with E-state index in [2.05, 4.69) is 0 Å². The maximum absolute atomic E-state index is 12.5. The summed E-state index contributed by atoms with van der Waals surface area (Å²) in [5, 5.41) is 9.11. The molecule has 0 aliphatic carbocycles. The van der Waals surface area contributed by atoms with Crippen LogP contribution in [-0.2, 0) is 14.8 Å². The van der Waals surface area contributed by atoms with E-state index in [0.29, 0.717) is 18.7 Å². The Balaban J connectivity index is 2.23. The van der Waals surface area contributed by atoms with Crippen LogP contribution in [0.25, 0.3) is 0 Å². The molecule has 1 aromatic carbocycles. The van der Waals surface area contributed by atoms with Crippen molar-refractivity contribution in [2.75, 3.05) is 26.8 Å². The third kappa shape index (κ3) is 3.59. The van der Waals surface area contributed by atoms with E-state index >= 15 is 0 Å².